The summed E-state index contributed by atoms with van der Waals surface area (Å²) in [6, 6.07) is 15.3. The topological polar surface area (TPSA) is 101 Å². The van der Waals surface area contributed by atoms with Gasteiger partial charge in [0.25, 0.3) is 0 Å². The quantitative estimate of drug-likeness (QED) is 0.109. The van der Waals surface area contributed by atoms with Crippen molar-refractivity contribution in [3.05, 3.63) is 83.7 Å². The number of carbonyl (C=O) groups is 3. The second-order valence-electron chi connectivity index (χ2n) is 14.2. The summed E-state index contributed by atoms with van der Waals surface area (Å²) in [6.07, 6.45) is 1.67. The standard InChI is InChI=1S/C36H49F2N3O5SSi/c1-36(2,3)34(31-21-27(29-22-28(37)13-14-30(29)38)24-40(31)23-26-11-8-7-9-12-26)41(32(42)25-47-19-15-33(43)44)17-10-16-39-35(45)46-18-20-48(4,5)6/h7-9,11-14,21-22,24,34H,10,15-20,23,25H2,1-6H3,(H,39,45)(H,43,44). The normalized spacial score (nSPS) is 12.4. The molecule has 2 amide bonds. The van der Waals surface area contributed by atoms with Crippen LogP contribution < -0.4 is 5.32 Å². The first kappa shape index (κ1) is 38.8. The lowest BCUT2D eigenvalue weighted by Gasteiger charge is -2.41. The van der Waals surface area contributed by atoms with E-state index in [2.05, 4.69) is 25.0 Å². The van der Waals surface area contributed by atoms with Gasteiger partial charge in [-0.1, -0.05) is 70.7 Å². The van der Waals surface area contributed by atoms with Gasteiger partial charge in [0.05, 0.1) is 24.8 Å². The summed E-state index contributed by atoms with van der Waals surface area (Å²) in [7, 11) is -1.35. The second kappa shape index (κ2) is 17.7. The van der Waals surface area contributed by atoms with Crippen molar-refractivity contribution >= 4 is 37.8 Å². The predicted molar refractivity (Wildman–Crippen MR) is 191 cm³/mol. The number of alkyl carbamates (subject to hydrolysis) is 1. The molecular formula is C36H49F2N3O5SSi. The molecule has 0 spiro atoms. The summed E-state index contributed by atoms with van der Waals surface area (Å²) < 4.78 is 36.7. The van der Waals surface area contributed by atoms with Crippen molar-refractivity contribution in [3.63, 3.8) is 0 Å². The summed E-state index contributed by atoms with van der Waals surface area (Å²) in [5, 5.41) is 11.9. The highest BCUT2D eigenvalue weighted by Gasteiger charge is 2.37. The van der Waals surface area contributed by atoms with Crippen LogP contribution in [0.2, 0.25) is 25.7 Å². The number of aromatic nitrogens is 1. The molecule has 48 heavy (non-hydrogen) atoms. The van der Waals surface area contributed by atoms with Gasteiger partial charge in [0.15, 0.2) is 0 Å². The monoisotopic (exact) mass is 701 g/mol. The second-order valence-corrected chi connectivity index (χ2v) is 20.9. The number of aliphatic carboxylic acids is 1. The molecule has 262 valence electrons. The minimum absolute atomic E-state index is 0.0626. The smallest absolute Gasteiger partial charge is 0.407 e. The number of carboxylic acid groups (broad SMARTS) is 1. The third kappa shape index (κ3) is 12.4. The molecule has 2 aromatic carbocycles. The van der Waals surface area contributed by atoms with Crippen LogP contribution in [0, 0.1) is 17.0 Å². The van der Waals surface area contributed by atoms with E-state index in [9.17, 15) is 18.8 Å². The Labute approximate surface area is 288 Å². The van der Waals surface area contributed by atoms with Gasteiger partial charge >= 0.3 is 12.1 Å². The molecule has 0 aliphatic heterocycles. The van der Waals surface area contributed by atoms with Gasteiger partial charge in [-0.25, -0.2) is 13.6 Å². The number of thioether (sulfide) groups is 1. The van der Waals surface area contributed by atoms with Gasteiger partial charge in [-0.3, -0.25) is 9.59 Å². The molecule has 1 atom stereocenters. The Morgan fingerprint density at radius 3 is 2.42 bits per heavy atom. The van der Waals surface area contributed by atoms with Crippen molar-refractivity contribution in [3.8, 4) is 11.1 Å². The Morgan fingerprint density at radius 2 is 1.77 bits per heavy atom. The Balaban J connectivity index is 1.97. The van der Waals surface area contributed by atoms with Crippen molar-refractivity contribution in [1.82, 2.24) is 14.8 Å². The molecule has 3 rings (SSSR count). The Morgan fingerprint density at radius 1 is 1.06 bits per heavy atom. The molecule has 0 aliphatic carbocycles. The number of carboxylic acids is 1. The number of benzene rings is 2. The van der Waals surface area contributed by atoms with Crippen molar-refractivity contribution in [1.29, 1.82) is 0 Å². The highest BCUT2D eigenvalue weighted by Crippen LogP contribution is 2.41. The Kier molecular flexibility index (Phi) is 14.3. The fourth-order valence-electron chi connectivity index (χ4n) is 5.35. The fraction of sp³-hybridized carbons (Fsp3) is 0.472. The Hall–Kier alpha value is -3.64. The molecule has 1 unspecified atom stereocenters. The molecule has 0 fully saturated rings. The van der Waals surface area contributed by atoms with Crippen molar-refractivity contribution in [2.24, 2.45) is 5.41 Å². The third-order valence-electron chi connectivity index (χ3n) is 7.71. The van der Waals surface area contributed by atoms with Gasteiger partial charge in [0.1, 0.15) is 11.6 Å². The number of ether oxygens (including phenoxy) is 1. The molecule has 3 aromatic rings. The van der Waals surface area contributed by atoms with Gasteiger partial charge in [0.2, 0.25) is 5.91 Å². The summed E-state index contributed by atoms with van der Waals surface area (Å²) in [5.41, 5.74) is 1.82. The maximum atomic E-state index is 15.1. The summed E-state index contributed by atoms with van der Waals surface area (Å²) in [6.45, 7) is 14.0. The number of carbonyl (C=O) groups excluding carboxylic acids is 2. The van der Waals surface area contributed by atoms with E-state index in [-0.39, 0.29) is 42.5 Å². The maximum Gasteiger partial charge on any atom is 0.407 e. The van der Waals surface area contributed by atoms with Crippen LogP contribution in [0.5, 0.6) is 0 Å². The van der Waals surface area contributed by atoms with E-state index >= 15 is 4.39 Å². The third-order valence-corrected chi connectivity index (χ3v) is 10.4. The maximum absolute atomic E-state index is 15.1. The van der Waals surface area contributed by atoms with Crippen molar-refractivity contribution < 1.29 is 33.0 Å². The lowest BCUT2D eigenvalue weighted by molar-refractivity contribution is -0.136. The minimum Gasteiger partial charge on any atom is -0.481 e. The average molecular weight is 702 g/mol. The van der Waals surface area contributed by atoms with Crippen LogP contribution in [0.3, 0.4) is 0 Å². The van der Waals surface area contributed by atoms with E-state index < -0.39 is 43.2 Å². The Bertz CT molecular complexity index is 1520. The summed E-state index contributed by atoms with van der Waals surface area (Å²) in [4.78, 5) is 39.2. The number of nitrogens with zero attached hydrogens (tertiary/aromatic N) is 2. The van der Waals surface area contributed by atoms with Gasteiger partial charge in [-0.15, -0.1) is 0 Å². The highest BCUT2D eigenvalue weighted by molar-refractivity contribution is 7.99. The molecule has 0 bridgehead atoms. The first-order chi connectivity index (χ1) is 22.5. The lowest BCUT2D eigenvalue weighted by Crippen LogP contribution is -2.44. The zero-order chi connectivity index (χ0) is 35.5. The molecule has 8 nitrogen and oxygen atoms in total. The van der Waals surface area contributed by atoms with Crippen molar-refractivity contribution in [2.75, 3.05) is 31.2 Å². The minimum atomic E-state index is -1.35. The zero-order valence-corrected chi connectivity index (χ0v) is 30.7. The molecule has 0 radical (unpaired) electrons. The van der Waals surface area contributed by atoms with E-state index in [4.69, 9.17) is 9.84 Å². The molecule has 0 saturated carbocycles. The molecular weight excluding hydrogens is 653 g/mol. The number of halogens is 2. The van der Waals surface area contributed by atoms with E-state index in [1.165, 1.54) is 17.8 Å². The zero-order valence-electron chi connectivity index (χ0n) is 28.9. The van der Waals surface area contributed by atoms with Crippen LogP contribution >= 0.6 is 11.8 Å². The highest BCUT2D eigenvalue weighted by atomic mass is 32.2. The van der Waals surface area contributed by atoms with Gasteiger partial charge in [0, 0.05) is 56.5 Å². The van der Waals surface area contributed by atoms with Crippen LogP contribution in [0.15, 0.2) is 60.8 Å². The number of hydrogen-bond acceptors (Lipinski definition) is 5. The van der Waals surface area contributed by atoms with E-state index in [1.807, 2.05) is 61.7 Å². The number of rotatable bonds is 17. The summed E-state index contributed by atoms with van der Waals surface area (Å²) in [5.74, 6) is -1.88. The van der Waals surface area contributed by atoms with Crippen LogP contribution in [-0.4, -0.2) is 71.8 Å². The molecule has 12 heteroatoms. The van der Waals surface area contributed by atoms with Gasteiger partial charge < -0.3 is 24.6 Å². The molecule has 2 N–H and O–H groups in total. The van der Waals surface area contributed by atoms with E-state index in [0.29, 0.717) is 25.1 Å². The van der Waals surface area contributed by atoms with E-state index in [0.717, 1.165) is 29.4 Å². The van der Waals surface area contributed by atoms with Crippen LogP contribution in [0.25, 0.3) is 11.1 Å². The molecule has 1 heterocycles. The summed E-state index contributed by atoms with van der Waals surface area (Å²) >= 11 is 1.25. The van der Waals surface area contributed by atoms with Crippen molar-refractivity contribution in [2.45, 2.75) is 71.9 Å². The SMILES string of the molecule is CC(C)(C)C(c1cc(-c2cc(F)ccc2F)cn1Cc1ccccc1)N(CCCNC(=O)OCC[Si](C)(C)C)C(=O)CSCCC(=O)O. The van der Waals surface area contributed by atoms with E-state index in [1.54, 1.807) is 11.1 Å². The molecule has 0 saturated heterocycles. The average Bonchev–Trinajstić information content (AvgIpc) is 3.39. The molecule has 0 aliphatic rings. The number of hydrogen-bond donors (Lipinski definition) is 2. The molecule has 1 aromatic heterocycles. The van der Waals surface area contributed by atoms with Gasteiger partial charge in [-0.05, 0) is 47.7 Å². The first-order valence-electron chi connectivity index (χ1n) is 16.2. The van der Waals surface area contributed by atoms with Gasteiger partial charge in [-0.2, -0.15) is 11.8 Å². The number of amides is 2. The number of nitrogens with one attached hydrogen (secondary N) is 1. The predicted octanol–water partition coefficient (Wildman–Crippen LogP) is 8.06. The first-order valence-corrected chi connectivity index (χ1v) is 21.1. The van der Waals surface area contributed by atoms with Crippen LogP contribution in [0.1, 0.15) is 50.9 Å². The lowest BCUT2D eigenvalue weighted by atomic mass is 9.83. The largest absolute Gasteiger partial charge is 0.481 e. The fourth-order valence-corrected chi connectivity index (χ4v) is 6.87. The van der Waals surface area contributed by atoms with Crippen LogP contribution in [-0.2, 0) is 20.9 Å². The van der Waals surface area contributed by atoms with Crippen LogP contribution in [0.4, 0.5) is 13.6 Å².